The second-order valence-corrected chi connectivity index (χ2v) is 7.71. The average Bonchev–Trinajstić information content (AvgIpc) is 3.53. The number of ether oxygens (including phenoxy) is 2. The summed E-state index contributed by atoms with van der Waals surface area (Å²) in [7, 11) is 3.23. The Hall–Kier alpha value is -5.62. The average molecular weight is 522 g/mol. The summed E-state index contributed by atoms with van der Waals surface area (Å²) in [5.74, 6) is 2.80. The SMILES string of the molecule is COc1ccc(-c2nc(-c3ccccc3)no2)cc1.COc1ccc(C#N)cc1.N/C(=N\O)c1ccccc1. The van der Waals surface area contributed by atoms with Crippen molar-refractivity contribution < 1.29 is 19.2 Å². The predicted molar refractivity (Wildman–Crippen MR) is 148 cm³/mol. The topological polar surface area (TPSA) is 140 Å². The van der Waals surface area contributed by atoms with Gasteiger partial charge >= 0.3 is 0 Å². The van der Waals surface area contributed by atoms with Gasteiger partial charge in [-0.25, -0.2) is 0 Å². The summed E-state index contributed by atoms with van der Waals surface area (Å²) in [6, 6.07) is 35.3. The zero-order chi connectivity index (χ0) is 27.9. The smallest absolute Gasteiger partial charge is 0.258 e. The van der Waals surface area contributed by atoms with Gasteiger partial charge in [-0.2, -0.15) is 10.2 Å². The van der Waals surface area contributed by atoms with Gasteiger partial charge < -0.3 is 24.9 Å². The molecular weight excluding hydrogens is 494 g/mol. The highest BCUT2D eigenvalue weighted by molar-refractivity contribution is 5.96. The summed E-state index contributed by atoms with van der Waals surface area (Å²) in [5, 5.41) is 23.5. The number of nitrogens with two attached hydrogens (primary N) is 1. The minimum atomic E-state index is 0.139. The van der Waals surface area contributed by atoms with Crippen LogP contribution in [0.4, 0.5) is 0 Å². The number of nitriles is 1. The molecule has 0 aliphatic heterocycles. The molecule has 0 fully saturated rings. The van der Waals surface area contributed by atoms with E-state index >= 15 is 0 Å². The van der Waals surface area contributed by atoms with E-state index < -0.39 is 0 Å². The lowest BCUT2D eigenvalue weighted by Crippen LogP contribution is -2.12. The van der Waals surface area contributed by atoms with Gasteiger partial charge in [0.25, 0.3) is 5.89 Å². The van der Waals surface area contributed by atoms with E-state index in [0.717, 1.165) is 28.2 Å². The van der Waals surface area contributed by atoms with Crippen LogP contribution < -0.4 is 15.2 Å². The number of aromatic nitrogens is 2. The second-order valence-electron chi connectivity index (χ2n) is 7.71. The monoisotopic (exact) mass is 521 g/mol. The standard InChI is InChI=1S/C15H12N2O2.C8H7NO.C7H8N2O/c1-18-13-9-7-12(8-10-13)15-16-14(17-19-15)11-5-3-2-4-6-11;1-10-8-4-2-7(6-9)3-5-8;8-7(9-10)6-4-2-1-3-5-6/h2-10H,1H3;2-5H,1H3;1-5,10H,(H2,8,9). The zero-order valence-corrected chi connectivity index (χ0v) is 21.4. The highest BCUT2D eigenvalue weighted by Crippen LogP contribution is 2.23. The second kappa shape index (κ2) is 14.8. The largest absolute Gasteiger partial charge is 0.497 e. The van der Waals surface area contributed by atoms with Crippen LogP contribution in [0.2, 0.25) is 0 Å². The first-order valence-corrected chi connectivity index (χ1v) is 11.7. The molecule has 9 nitrogen and oxygen atoms in total. The quantitative estimate of drug-likeness (QED) is 0.129. The van der Waals surface area contributed by atoms with E-state index in [1.54, 1.807) is 50.6 Å². The van der Waals surface area contributed by atoms with Crippen molar-refractivity contribution in [1.82, 2.24) is 10.1 Å². The van der Waals surface area contributed by atoms with Crippen molar-refractivity contribution in [2.75, 3.05) is 14.2 Å². The summed E-state index contributed by atoms with van der Waals surface area (Å²) >= 11 is 0. The van der Waals surface area contributed by atoms with Crippen LogP contribution in [0.5, 0.6) is 11.5 Å². The van der Waals surface area contributed by atoms with Crippen molar-refractivity contribution in [3.05, 3.63) is 120 Å². The molecule has 196 valence electrons. The number of methoxy groups -OCH3 is 2. The summed E-state index contributed by atoms with van der Waals surface area (Å²) in [6.07, 6.45) is 0. The maximum Gasteiger partial charge on any atom is 0.258 e. The lowest BCUT2D eigenvalue weighted by Gasteiger charge is -1.98. The van der Waals surface area contributed by atoms with Crippen LogP contribution in [0, 0.1) is 11.3 Å². The first-order chi connectivity index (χ1) is 19.1. The van der Waals surface area contributed by atoms with E-state index in [2.05, 4.69) is 15.3 Å². The maximum absolute atomic E-state index is 8.41. The van der Waals surface area contributed by atoms with Gasteiger partial charge in [-0.1, -0.05) is 71.0 Å². The van der Waals surface area contributed by atoms with E-state index in [0.29, 0.717) is 17.3 Å². The van der Waals surface area contributed by atoms with Gasteiger partial charge in [-0.05, 0) is 48.5 Å². The lowest BCUT2D eigenvalue weighted by atomic mass is 10.2. The molecule has 0 spiro atoms. The molecule has 1 heterocycles. The van der Waals surface area contributed by atoms with Crippen LogP contribution in [-0.2, 0) is 0 Å². The summed E-state index contributed by atoms with van der Waals surface area (Å²) in [4.78, 5) is 4.39. The number of benzene rings is 4. The Bertz CT molecular complexity index is 1480. The molecule has 0 atom stereocenters. The van der Waals surface area contributed by atoms with Crippen molar-refractivity contribution >= 4 is 5.84 Å². The molecule has 5 aromatic rings. The third kappa shape index (κ3) is 8.48. The maximum atomic E-state index is 8.41. The van der Waals surface area contributed by atoms with Crippen molar-refractivity contribution in [2.24, 2.45) is 10.9 Å². The molecule has 0 saturated carbocycles. The molecule has 0 saturated heterocycles. The highest BCUT2D eigenvalue weighted by Gasteiger charge is 2.10. The number of oxime groups is 1. The fourth-order valence-corrected chi connectivity index (χ4v) is 3.11. The van der Waals surface area contributed by atoms with E-state index in [4.69, 9.17) is 30.2 Å². The first kappa shape index (κ1) is 28.0. The Labute approximate surface area is 226 Å². The molecule has 0 unspecified atom stereocenters. The normalized spacial score (nSPS) is 10.1. The number of hydrogen-bond acceptors (Lipinski definition) is 8. The summed E-state index contributed by atoms with van der Waals surface area (Å²) in [6.45, 7) is 0. The fourth-order valence-electron chi connectivity index (χ4n) is 3.11. The van der Waals surface area contributed by atoms with E-state index in [1.165, 1.54) is 0 Å². The van der Waals surface area contributed by atoms with Crippen LogP contribution in [0.15, 0.2) is 119 Å². The van der Waals surface area contributed by atoms with Gasteiger partial charge in [-0.15, -0.1) is 0 Å². The molecule has 5 rings (SSSR count). The van der Waals surface area contributed by atoms with Gasteiger partial charge in [0.1, 0.15) is 11.5 Å². The Morgan fingerprint density at radius 2 is 1.33 bits per heavy atom. The summed E-state index contributed by atoms with van der Waals surface area (Å²) in [5.41, 5.74) is 8.48. The van der Waals surface area contributed by atoms with Crippen LogP contribution >= 0.6 is 0 Å². The Balaban J connectivity index is 0.000000178. The van der Waals surface area contributed by atoms with Crippen molar-refractivity contribution in [3.63, 3.8) is 0 Å². The third-order valence-electron chi connectivity index (χ3n) is 5.19. The summed E-state index contributed by atoms with van der Waals surface area (Å²) < 4.78 is 15.3. The van der Waals surface area contributed by atoms with Gasteiger partial charge in [0.05, 0.1) is 25.9 Å². The van der Waals surface area contributed by atoms with Gasteiger partial charge in [0.15, 0.2) is 5.84 Å². The van der Waals surface area contributed by atoms with Gasteiger partial charge in [0.2, 0.25) is 5.82 Å². The highest BCUT2D eigenvalue weighted by atomic mass is 16.5. The minimum absolute atomic E-state index is 0.139. The fraction of sp³-hybridized carbons (Fsp3) is 0.0667. The molecule has 4 aromatic carbocycles. The Morgan fingerprint density at radius 3 is 1.85 bits per heavy atom. The van der Waals surface area contributed by atoms with Crippen LogP contribution in [0.25, 0.3) is 22.8 Å². The predicted octanol–water partition coefficient (Wildman–Crippen LogP) is 5.76. The third-order valence-corrected chi connectivity index (χ3v) is 5.19. The molecule has 0 aliphatic rings. The molecule has 9 heteroatoms. The van der Waals surface area contributed by atoms with Crippen LogP contribution in [0.1, 0.15) is 11.1 Å². The molecular formula is C30H27N5O4. The molecule has 39 heavy (non-hydrogen) atoms. The van der Waals surface area contributed by atoms with E-state index in [9.17, 15) is 0 Å². The van der Waals surface area contributed by atoms with Crippen LogP contribution in [-0.4, -0.2) is 35.4 Å². The molecule has 0 bridgehead atoms. The number of nitrogens with zero attached hydrogens (tertiary/aromatic N) is 4. The zero-order valence-electron chi connectivity index (χ0n) is 21.4. The van der Waals surface area contributed by atoms with Crippen molar-refractivity contribution in [3.8, 4) is 40.4 Å². The first-order valence-electron chi connectivity index (χ1n) is 11.7. The van der Waals surface area contributed by atoms with E-state index in [-0.39, 0.29) is 5.84 Å². The van der Waals surface area contributed by atoms with Gasteiger partial charge in [-0.3, -0.25) is 0 Å². The van der Waals surface area contributed by atoms with Crippen LogP contribution in [0.3, 0.4) is 0 Å². The van der Waals surface area contributed by atoms with Gasteiger partial charge in [0, 0.05) is 16.7 Å². The number of hydrogen-bond donors (Lipinski definition) is 2. The minimum Gasteiger partial charge on any atom is -0.497 e. The van der Waals surface area contributed by atoms with Crippen molar-refractivity contribution in [2.45, 2.75) is 0 Å². The lowest BCUT2D eigenvalue weighted by molar-refractivity contribution is 0.318. The molecule has 3 N–H and O–H groups in total. The molecule has 1 aromatic heterocycles. The molecule has 0 radical (unpaired) electrons. The number of rotatable bonds is 5. The Kier molecular flexibility index (Phi) is 10.6. The van der Waals surface area contributed by atoms with Crippen molar-refractivity contribution in [1.29, 1.82) is 5.26 Å². The molecule has 0 amide bonds. The molecule has 0 aliphatic carbocycles. The van der Waals surface area contributed by atoms with E-state index in [1.807, 2.05) is 78.9 Å². The number of amidine groups is 1. The Morgan fingerprint density at radius 1 is 0.795 bits per heavy atom.